The first-order valence-corrected chi connectivity index (χ1v) is 5.21. The Balaban J connectivity index is 2.21. The molecule has 0 spiro atoms. The van der Waals surface area contributed by atoms with Crippen molar-refractivity contribution < 1.29 is 14.3 Å². The minimum atomic E-state index is -0.162. The van der Waals surface area contributed by atoms with Crippen LogP contribution in [0.2, 0.25) is 0 Å². The second kappa shape index (κ2) is 3.12. The Hall–Kier alpha value is -1.74. The molecule has 1 fully saturated rings. The summed E-state index contributed by atoms with van der Waals surface area (Å²) in [7, 11) is 0. The minimum Gasteiger partial charge on any atom is -0.368 e. The van der Waals surface area contributed by atoms with Crippen molar-refractivity contribution in [2.45, 2.75) is 13.0 Å². The number of Topliss-reactive ketones (excluding diaryl/α,β-unsaturated/α-hetero) is 2. The van der Waals surface area contributed by atoms with Crippen LogP contribution in [0.3, 0.4) is 0 Å². The molecule has 2 aliphatic rings. The molecule has 1 saturated heterocycles. The average Bonchev–Trinajstić information content (AvgIpc) is 3.11. The van der Waals surface area contributed by atoms with E-state index < -0.39 is 0 Å². The van der Waals surface area contributed by atoms with Gasteiger partial charge in [0.25, 0.3) is 0 Å². The third kappa shape index (κ3) is 1.18. The molecule has 3 nitrogen and oxygen atoms in total. The van der Waals surface area contributed by atoms with E-state index in [9.17, 15) is 9.59 Å². The first-order valence-electron chi connectivity index (χ1n) is 5.21. The van der Waals surface area contributed by atoms with Crippen LogP contribution in [0.1, 0.15) is 27.6 Å². The van der Waals surface area contributed by atoms with Gasteiger partial charge in [0.15, 0.2) is 11.6 Å². The first-order chi connectivity index (χ1) is 7.70. The highest BCUT2D eigenvalue weighted by molar-refractivity contribution is 6.27. The smallest absolute Gasteiger partial charge is 0.192 e. The van der Waals surface area contributed by atoms with Crippen LogP contribution in [0, 0.1) is 0 Å². The van der Waals surface area contributed by atoms with Crippen LogP contribution < -0.4 is 0 Å². The van der Waals surface area contributed by atoms with E-state index in [2.05, 4.69) is 0 Å². The van der Waals surface area contributed by atoms with Gasteiger partial charge in [0, 0.05) is 22.3 Å². The van der Waals surface area contributed by atoms with Gasteiger partial charge in [0.2, 0.25) is 0 Å². The summed E-state index contributed by atoms with van der Waals surface area (Å²) in [5.74, 6) is -0.115. The van der Waals surface area contributed by atoms with Gasteiger partial charge in [0.1, 0.15) is 6.10 Å². The Morgan fingerprint density at radius 2 is 1.69 bits per heavy atom. The number of ether oxygens (including phenoxy) is 1. The lowest BCUT2D eigenvalue weighted by Crippen LogP contribution is -2.23. The van der Waals surface area contributed by atoms with E-state index in [1.54, 1.807) is 31.2 Å². The highest BCUT2D eigenvalue weighted by Gasteiger charge is 2.39. The molecular formula is C13H10O3. The van der Waals surface area contributed by atoms with Crippen molar-refractivity contribution >= 4 is 11.6 Å². The fourth-order valence-electron chi connectivity index (χ4n) is 2.12. The summed E-state index contributed by atoms with van der Waals surface area (Å²) in [6.07, 6.45) is -0.162. The van der Waals surface area contributed by atoms with Crippen LogP contribution in [0.15, 0.2) is 35.4 Å². The van der Waals surface area contributed by atoms with Gasteiger partial charge in [-0.25, -0.2) is 0 Å². The molecule has 1 aliphatic carbocycles. The van der Waals surface area contributed by atoms with Gasteiger partial charge in [0.05, 0.1) is 6.61 Å². The molecule has 0 aromatic heterocycles. The molecule has 0 bridgehead atoms. The van der Waals surface area contributed by atoms with Gasteiger partial charge in [-0.1, -0.05) is 24.3 Å². The van der Waals surface area contributed by atoms with E-state index in [-0.39, 0.29) is 17.7 Å². The molecule has 16 heavy (non-hydrogen) atoms. The zero-order chi connectivity index (χ0) is 11.3. The van der Waals surface area contributed by atoms with Gasteiger partial charge in [-0.15, -0.1) is 0 Å². The molecule has 1 heterocycles. The van der Waals surface area contributed by atoms with Gasteiger partial charge in [-0.3, -0.25) is 9.59 Å². The summed E-state index contributed by atoms with van der Waals surface area (Å²) in [5, 5.41) is 0. The van der Waals surface area contributed by atoms with Crippen molar-refractivity contribution in [2.75, 3.05) is 6.61 Å². The number of benzene rings is 1. The van der Waals surface area contributed by atoms with Gasteiger partial charge >= 0.3 is 0 Å². The van der Waals surface area contributed by atoms with Crippen LogP contribution in [-0.4, -0.2) is 24.3 Å². The van der Waals surface area contributed by atoms with Crippen LogP contribution in [0.5, 0.6) is 0 Å². The van der Waals surface area contributed by atoms with Crippen molar-refractivity contribution in [3.63, 3.8) is 0 Å². The zero-order valence-electron chi connectivity index (χ0n) is 8.82. The van der Waals surface area contributed by atoms with Crippen molar-refractivity contribution in [1.82, 2.24) is 0 Å². The van der Waals surface area contributed by atoms with Crippen molar-refractivity contribution in [1.29, 1.82) is 0 Å². The third-order valence-corrected chi connectivity index (χ3v) is 3.06. The number of carbonyl (C=O) groups excluding carboxylic acids is 2. The molecule has 1 aliphatic heterocycles. The zero-order valence-corrected chi connectivity index (χ0v) is 8.82. The number of epoxide rings is 1. The molecule has 1 aromatic carbocycles. The monoisotopic (exact) mass is 214 g/mol. The van der Waals surface area contributed by atoms with Crippen molar-refractivity contribution in [3.8, 4) is 0 Å². The number of rotatable bonds is 1. The quantitative estimate of drug-likeness (QED) is 0.669. The summed E-state index contributed by atoms with van der Waals surface area (Å²) in [6, 6.07) is 6.94. The van der Waals surface area contributed by atoms with E-state index in [0.717, 1.165) is 0 Å². The van der Waals surface area contributed by atoms with Crippen molar-refractivity contribution in [3.05, 3.63) is 46.5 Å². The van der Waals surface area contributed by atoms with Crippen molar-refractivity contribution in [2.24, 2.45) is 0 Å². The molecular weight excluding hydrogens is 204 g/mol. The molecule has 3 heteroatoms. The van der Waals surface area contributed by atoms with Gasteiger partial charge in [-0.05, 0) is 6.92 Å². The van der Waals surface area contributed by atoms with Crippen LogP contribution in [0.25, 0.3) is 0 Å². The van der Waals surface area contributed by atoms with E-state index in [0.29, 0.717) is 28.9 Å². The number of hydrogen-bond donors (Lipinski definition) is 0. The fraction of sp³-hybridized carbons (Fsp3) is 0.231. The molecule has 80 valence electrons. The molecule has 1 atom stereocenters. The Morgan fingerprint density at radius 1 is 1.12 bits per heavy atom. The second-order valence-corrected chi connectivity index (χ2v) is 4.06. The summed E-state index contributed by atoms with van der Waals surface area (Å²) >= 11 is 0. The molecule has 1 aromatic rings. The lowest BCUT2D eigenvalue weighted by Gasteiger charge is -2.17. The fourth-order valence-corrected chi connectivity index (χ4v) is 2.12. The first kappa shape index (κ1) is 9.48. The number of carbonyl (C=O) groups is 2. The maximum atomic E-state index is 12.2. The lowest BCUT2D eigenvalue weighted by atomic mass is 9.83. The molecule has 0 amide bonds. The topological polar surface area (TPSA) is 46.7 Å². The molecule has 1 unspecified atom stereocenters. The van der Waals surface area contributed by atoms with Crippen LogP contribution in [0.4, 0.5) is 0 Å². The number of hydrogen-bond acceptors (Lipinski definition) is 3. The highest BCUT2D eigenvalue weighted by Crippen LogP contribution is 2.32. The Labute approximate surface area is 92.7 Å². The maximum absolute atomic E-state index is 12.2. The number of ketones is 2. The summed E-state index contributed by atoms with van der Waals surface area (Å²) < 4.78 is 5.12. The number of fused-ring (bicyclic) bond motifs is 1. The Kier molecular flexibility index (Phi) is 1.85. The molecule has 0 N–H and O–H groups in total. The molecule has 0 radical (unpaired) electrons. The molecule has 0 saturated carbocycles. The van der Waals surface area contributed by atoms with Gasteiger partial charge < -0.3 is 4.74 Å². The second-order valence-electron chi connectivity index (χ2n) is 4.06. The minimum absolute atomic E-state index is 0.0549. The van der Waals surface area contributed by atoms with Gasteiger partial charge in [-0.2, -0.15) is 0 Å². The molecule has 3 rings (SSSR count). The van der Waals surface area contributed by atoms with E-state index in [1.165, 1.54) is 0 Å². The maximum Gasteiger partial charge on any atom is 0.192 e. The Bertz CT molecular complexity index is 536. The van der Waals surface area contributed by atoms with Crippen LogP contribution >= 0.6 is 0 Å². The third-order valence-electron chi connectivity index (χ3n) is 3.06. The van der Waals surface area contributed by atoms with E-state index >= 15 is 0 Å². The Morgan fingerprint density at radius 3 is 2.25 bits per heavy atom. The summed E-state index contributed by atoms with van der Waals surface area (Å²) in [4.78, 5) is 24.2. The predicted molar refractivity (Wildman–Crippen MR) is 57.5 cm³/mol. The van der Waals surface area contributed by atoms with E-state index in [4.69, 9.17) is 4.74 Å². The summed E-state index contributed by atoms with van der Waals surface area (Å²) in [5.41, 5.74) is 2.09. The number of allylic oxidation sites excluding steroid dienone is 1. The van der Waals surface area contributed by atoms with Crippen LogP contribution in [-0.2, 0) is 4.74 Å². The summed E-state index contributed by atoms with van der Waals surface area (Å²) in [6.45, 7) is 2.25. The standard InChI is InChI=1S/C13H10O3/c1-7-11(10-6-16-10)13(15)9-5-3-2-4-8(9)12(7)14/h2-5,10H,6H2,1H3. The largest absolute Gasteiger partial charge is 0.368 e. The van der Waals surface area contributed by atoms with E-state index in [1.807, 2.05) is 0 Å². The average molecular weight is 214 g/mol. The predicted octanol–water partition coefficient (Wildman–Crippen LogP) is 1.78. The lowest BCUT2D eigenvalue weighted by molar-refractivity contribution is 0.0969. The SMILES string of the molecule is CC1=C(C2CO2)C(=O)c2ccccc2C1=O. The normalized spacial score (nSPS) is 23.4. The highest BCUT2D eigenvalue weighted by atomic mass is 16.6.